The summed E-state index contributed by atoms with van der Waals surface area (Å²) >= 11 is 0. The van der Waals surface area contributed by atoms with Crippen molar-refractivity contribution in [2.45, 2.75) is 40.3 Å². The van der Waals surface area contributed by atoms with Gasteiger partial charge >= 0.3 is 0 Å². The minimum Gasteiger partial charge on any atom is -0.508 e. The van der Waals surface area contributed by atoms with Crippen molar-refractivity contribution in [1.29, 1.82) is 0 Å². The third-order valence-corrected chi connectivity index (χ3v) is 3.06. The third-order valence-electron chi connectivity index (χ3n) is 3.06. The molecule has 0 aliphatic heterocycles. The molecule has 0 aliphatic carbocycles. The molecule has 1 atom stereocenters. The van der Waals surface area contributed by atoms with Gasteiger partial charge in [0.2, 0.25) is 0 Å². The molecule has 5 heteroatoms. The zero-order valence-corrected chi connectivity index (χ0v) is 15.0. The summed E-state index contributed by atoms with van der Waals surface area (Å²) in [6.45, 7) is 10.0. The highest BCUT2D eigenvalue weighted by atomic mass is 127. The van der Waals surface area contributed by atoms with Gasteiger partial charge in [0, 0.05) is 12.6 Å². The van der Waals surface area contributed by atoms with Crippen molar-refractivity contribution in [2.75, 3.05) is 6.54 Å². The van der Waals surface area contributed by atoms with Gasteiger partial charge in [0.15, 0.2) is 5.96 Å². The van der Waals surface area contributed by atoms with Crippen LogP contribution in [-0.4, -0.2) is 23.7 Å². The maximum atomic E-state index is 9.24. The maximum Gasteiger partial charge on any atom is 0.191 e. The number of halogens is 1. The fraction of sp³-hybridized carbons (Fsp3) is 0.533. The van der Waals surface area contributed by atoms with Gasteiger partial charge in [-0.1, -0.05) is 26.0 Å². The molecule has 1 unspecified atom stereocenters. The topological polar surface area (TPSA) is 56.7 Å². The summed E-state index contributed by atoms with van der Waals surface area (Å²) in [5.41, 5.74) is 1.08. The molecular formula is C15H26IN3O. The van der Waals surface area contributed by atoms with Gasteiger partial charge in [-0.3, -0.25) is 0 Å². The van der Waals surface area contributed by atoms with Crippen LogP contribution in [0.15, 0.2) is 29.3 Å². The Morgan fingerprint density at radius 2 is 1.80 bits per heavy atom. The summed E-state index contributed by atoms with van der Waals surface area (Å²) in [7, 11) is 0. The van der Waals surface area contributed by atoms with Gasteiger partial charge in [-0.05, 0) is 37.5 Å². The molecule has 1 aromatic rings. The second-order valence-corrected chi connectivity index (χ2v) is 5.04. The Morgan fingerprint density at radius 3 is 2.30 bits per heavy atom. The molecule has 3 N–H and O–H groups in total. The van der Waals surface area contributed by atoms with Crippen molar-refractivity contribution in [3.05, 3.63) is 29.8 Å². The van der Waals surface area contributed by atoms with Crippen molar-refractivity contribution in [2.24, 2.45) is 10.9 Å². The van der Waals surface area contributed by atoms with E-state index in [0.29, 0.717) is 18.5 Å². The Hall–Kier alpha value is -0.980. The minimum atomic E-state index is 0. The van der Waals surface area contributed by atoms with Crippen LogP contribution in [0.1, 0.15) is 33.3 Å². The van der Waals surface area contributed by atoms with Crippen LogP contribution >= 0.6 is 24.0 Å². The first-order chi connectivity index (χ1) is 9.02. The summed E-state index contributed by atoms with van der Waals surface area (Å²) in [5.74, 6) is 1.67. The van der Waals surface area contributed by atoms with Crippen LogP contribution in [0.2, 0.25) is 0 Å². The second kappa shape index (κ2) is 9.85. The fourth-order valence-corrected chi connectivity index (χ4v) is 1.47. The number of phenols is 1. The number of aliphatic imine (C=N–C) groups is 1. The lowest BCUT2D eigenvalue weighted by atomic mass is 10.1. The molecular weight excluding hydrogens is 365 g/mol. The van der Waals surface area contributed by atoms with Gasteiger partial charge in [-0.15, -0.1) is 24.0 Å². The van der Waals surface area contributed by atoms with E-state index in [1.54, 1.807) is 12.1 Å². The highest BCUT2D eigenvalue weighted by molar-refractivity contribution is 14.0. The fourth-order valence-electron chi connectivity index (χ4n) is 1.47. The Labute approximate surface area is 139 Å². The number of hydrogen-bond donors (Lipinski definition) is 3. The molecule has 114 valence electrons. The van der Waals surface area contributed by atoms with Gasteiger partial charge in [0.05, 0.1) is 6.54 Å². The zero-order valence-electron chi connectivity index (χ0n) is 12.7. The summed E-state index contributed by atoms with van der Waals surface area (Å²) in [5, 5.41) is 15.9. The quantitative estimate of drug-likeness (QED) is 0.411. The van der Waals surface area contributed by atoms with Crippen LogP contribution in [-0.2, 0) is 6.54 Å². The number of guanidine groups is 1. The summed E-state index contributed by atoms with van der Waals surface area (Å²) < 4.78 is 0. The van der Waals surface area contributed by atoms with Gasteiger partial charge in [-0.2, -0.15) is 0 Å². The normalized spacial score (nSPS) is 12.8. The lowest BCUT2D eigenvalue weighted by Gasteiger charge is -2.20. The van der Waals surface area contributed by atoms with Crippen LogP contribution in [0.3, 0.4) is 0 Å². The number of phenolic OH excluding ortho intramolecular Hbond substituents is 1. The molecule has 4 nitrogen and oxygen atoms in total. The van der Waals surface area contributed by atoms with E-state index in [0.717, 1.165) is 18.1 Å². The summed E-state index contributed by atoms with van der Waals surface area (Å²) in [4.78, 5) is 4.55. The number of nitrogens with zero attached hydrogens (tertiary/aromatic N) is 1. The maximum absolute atomic E-state index is 9.24. The van der Waals surface area contributed by atoms with Gasteiger partial charge in [0.25, 0.3) is 0 Å². The van der Waals surface area contributed by atoms with E-state index in [4.69, 9.17) is 0 Å². The number of rotatable bonds is 5. The van der Waals surface area contributed by atoms with Crippen molar-refractivity contribution >= 4 is 29.9 Å². The smallest absolute Gasteiger partial charge is 0.191 e. The molecule has 20 heavy (non-hydrogen) atoms. The van der Waals surface area contributed by atoms with E-state index in [1.165, 1.54) is 0 Å². The molecule has 1 aromatic carbocycles. The van der Waals surface area contributed by atoms with Crippen molar-refractivity contribution in [3.8, 4) is 5.75 Å². The summed E-state index contributed by atoms with van der Waals surface area (Å²) in [6.07, 6.45) is 0. The molecule has 1 rings (SSSR count). The average molecular weight is 391 g/mol. The average Bonchev–Trinajstić information content (AvgIpc) is 2.37. The molecule has 0 saturated heterocycles. The molecule has 0 aliphatic rings. The Bertz CT molecular complexity index is 404. The number of aromatic hydroxyl groups is 1. The minimum absolute atomic E-state index is 0. The van der Waals surface area contributed by atoms with E-state index in [9.17, 15) is 5.11 Å². The van der Waals surface area contributed by atoms with E-state index < -0.39 is 0 Å². The van der Waals surface area contributed by atoms with E-state index >= 15 is 0 Å². The van der Waals surface area contributed by atoms with Crippen LogP contribution in [0, 0.1) is 5.92 Å². The molecule has 0 aromatic heterocycles. The SMILES string of the molecule is CCNC(=NCc1ccc(O)cc1)NC(C)C(C)C.I. The predicted molar refractivity (Wildman–Crippen MR) is 95.8 cm³/mol. The lowest BCUT2D eigenvalue weighted by molar-refractivity contribution is 0.475. The largest absolute Gasteiger partial charge is 0.508 e. The standard InChI is InChI=1S/C15H25N3O.HI/c1-5-16-15(18-12(4)11(2)3)17-10-13-6-8-14(19)9-7-13;/h6-9,11-12,19H,5,10H2,1-4H3,(H2,16,17,18);1H. The van der Waals surface area contributed by atoms with E-state index in [-0.39, 0.29) is 29.7 Å². The first kappa shape index (κ1) is 19.0. The summed E-state index contributed by atoms with van der Waals surface area (Å²) in [6, 6.07) is 7.50. The van der Waals surface area contributed by atoms with Crippen LogP contribution in [0.4, 0.5) is 0 Å². The van der Waals surface area contributed by atoms with Crippen molar-refractivity contribution in [3.63, 3.8) is 0 Å². The van der Waals surface area contributed by atoms with Gasteiger partial charge in [0.1, 0.15) is 5.75 Å². The highest BCUT2D eigenvalue weighted by Crippen LogP contribution is 2.10. The molecule has 0 spiro atoms. The lowest BCUT2D eigenvalue weighted by Crippen LogP contribution is -2.44. The Balaban J connectivity index is 0.00000361. The molecule has 0 fully saturated rings. The first-order valence-corrected chi connectivity index (χ1v) is 6.85. The molecule has 0 amide bonds. The zero-order chi connectivity index (χ0) is 14.3. The van der Waals surface area contributed by atoms with Crippen LogP contribution in [0.25, 0.3) is 0 Å². The monoisotopic (exact) mass is 391 g/mol. The van der Waals surface area contributed by atoms with E-state index in [1.807, 2.05) is 12.1 Å². The molecule has 0 saturated carbocycles. The third kappa shape index (κ3) is 6.98. The van der Waals surface area contributed by atoms with Gasteiger partial charge in [-0.25, -0.2) is 4.99 Å². The number of nitrogens with one attached hydrogen (secondary N) is 2. The van der Waals surface area contributed by atoms with Crippen LogP contribution < -0.4 is 10.6 Å². The highest BCUT2D eigenvalue weighted by Gasteiger charge is 2.08. The number of benzene rings is 1. The van der Waals surface area contributed by atoms with Crippen LogP contribution in [0.5, 0.6) is 5.75 Å². The van der Waals surface area contributed by atoms with E-state index in [2.05, 4.69) is 43.3 Å². The van der Waals surface area contributed by atoms with Crippen molar-refractivity contribution < 1.29 is 5.11 Å². The first-order valence-electron chi connectivity index (χ1n) is 6.85. The predicted octanol–water partition coefficient (Wildman–Crippen LogP) is 3.11. The van der Waals surface area contributed by atoms with Crippen molar-refractivity contribution in [1.82, 2.24) is 10.6 Å². The molecule has 0 radical (unpaired) electrons. The second-order valence-electron chi connectivity index (χ2n) is 5.04. The Kier molecular flexibility index (Phi) is 9.37. The molecule has 0 heterocycles. The Morgan fingerprint density at radius 1 is 1.20 bits per heavy atom. The van der Waals surface area contributed by atoms with Gasteiger partial charge < -0.3 is 15.7 Å². The molecule has 0 bridgehead atoms. The number of hydrogen-bond acceptors (Lipinski definition) is 2.